The van der Waals surface area contributed by atoms with E-state index in [4.69, 9.17) is 28.9 Å². The van der Waals surface area contributed by atoms with Crippen molar-refractivity contribution in [3.8, 4) is 0 Å². The van der Waals surface area contributed by atoms with Crippen molar-refractivity contribution in [1.82, 2.24) is 0 Å². The van der Waals surface area contributed by atoms with Crippen LogP contribution in [0.1, 0.15) is 10.4 Å². The Balaban J connectivity index is 2.30. The molecule has 0 aliphatic rings. The lowest BCUT2D eigenvalue weighted by atomic mass is 10.1. The summed E-state index contributed by atoms with van der Waals surface area (Å²) < 4.78 is 26.8. The van der Waals surface area contributed by atoms with E-state index in [1.54, 1.807) is 0 Å². The van der Waals surface area contributed by atoms with E-state index in [9.17, 15) is 13.6 Å². The number of carbonyl (C=O) groups is 1. The molecule has 0 saturated heterocycles. The second kappa shape index (κ2) is 5.64. The predicted molar refractivity (Wildman–Crippen MR) is 75.2 cm³/mol. The quantitative estimate of drug-likeness (QED) is 0.647. The van der Waals surface area contributed by atoms with Crippen molar-refractivity contribution in [3.63, 3.8) is 0 Å². The molecule has 0 aromatic heterocycles. The number of amides is 1. The summed E-state index contributed by atoms with van der Waals surface area (Å²) >= 11 is 11.2. The molecule has 2 aromatic rings. The maximum Gasteiger partial charge on any atom is 0.258 e. The van der Waals surface area contributed by atoms with Gasteiger partial charge < -0.3 is 11.1 Å². The molecule has 0 aliphatic heterocycles. The second-order valence-electron chi connectivity index (χ2n) is 3.95. The van der Waals surface area contributed by atoms with Crippen LogP contribution >= 0.6 is 23.2 Å². The zero-order valence-electron chi connectivity index (χ0n) is 9.88. The van der Waals surface area contributed by atoms with E-state index in [-0.39, 0.29) is 27.0 Å². The second-order valence-corrected chi connectivity index (χ2v) is 4.76. The molecule has 3 N–H and O–H groups in total. The number of nitrogen functional groups attached to an aromatic ring is 1. The Labute approximate surface area is 123 Å². The number of benzene rings is 2. The van der Waals surface area contributed by atoms with Crippen molar-refractivity contribution in [2.75, 3.05) is 11.1 Å². The van der Waals surface area contributed by atoms with Crippen LogP contribution in [0.15, 0.2) is 30.3 Å². The van der Waals surface area contributed by atoms with E-state index in [1.807, 2.05) is 0 Å². The summed E-state index contributed by atoms with van der Waals surface area (Å²) in [7, 11) is 0. The summed E-state index contributed by atoms with van der Waals surface area (Å²) in [5, 5.41) is 1.87. The molecule has 0 saturated carbocycles. The zero-order valence-corrected chi connectivity index (χ0v) is 11.4. The summed E-state index contributed by atoms with van der Waals surface area (Å²) in [5.74, 6) is -2.26. The van der Waals surface area contributed by atoms with E-state index in [0.29, 0.717) is 0 Å². The SMILES string of the molecule is Nc1ccc(F)c(C(=O)Nc2cc(Cl)c(F)c(Cl)c2)c1. The first kappa shape index (κ1) is 14.6. The van der Waals surface area contributed by atoms with Gasteiger partial charge in [0.1, 0.15) is 5.82 Å². The van der Waals surface area contributed by atoms with E-state index >= 15 is 0 Å². The van der Waals surface area contributed by atoms with Crippen LogP contribution in [0.5, 0.6) is 0 Å². The number of hydrogen-bond donors (Lipinski definition) is 2. The van der Waals surface area contributed by atoms with E-state index in [0.717, 1.165) is 6.07 Å². The smallest absolute Gasteiger partial charge is 0.258 e. The van der Waals surface area contributed by atoms with Crippen LogP contribution in [0.3, 0.4) is 0 Å². The van der Waals surface area contributed by atoms with Gasteiger partial charge in [-0.05, 0) is 30.3 Å². The molecule has 3 nitrogen and oxygen atoms in total. The van der Waals surface area contributed by atoms with Gasteiger partial charge in [0.2, 0.25) is 0 Å². The molecular weight excluding hydrogens is 309 g/mol. The number of anilines is 2. The minimum Gasteiger partial charge on any atom is -0.399 e. The minimum atomic E-state index is -0.790. The Morgan fingerprint density at radius 3 is 2.30 bits per heavy atom. The van der Waals surface area contributed by atoms with Crippen LogP contribution in [-0.2, 0) is 0 Å². The van der Waals surface area contributed by atoms with Gasteiger partial charge in [-0.2, -0.15) is 0 Å². The van der Waals surface area contributed by atoms with Crippen LogP contribution in [0.25, 0.3) is 0 Å². The Morgan fingerprint density at radius 1 is 1.10 bits per heavy atom. The first-order valence-electron chi connectivity index (χ1n) is 5.39. The molecule has 0 bridgehead atoms. The third-order valence-corrected chi connectivity index (χ3v) is 3.03. The maximum atomic E-state index is 13.5. The van der Waals surface area contributed by atoms with E-state index in [2.05, 4.69) is 5.32 Å². The third-order valence-electron chi connectivity index (χ3n) is 2.48. The van der Waals surface area contributed by atoms with Crippen molar-refractivity contribution >= 4 is 40.5 Å². The van der Waals surface area contributed by atoms with Gasteiger partial charge in [-0.3, -0.25) is 4.79 Å². The predicted octanol–water partition coefficient (Wildman–Crippen LogP) is 4.11. The zero-order chi connectivity index (χ0) is 14.9. The molecular formula is C13H8Cl2F2N2O. The van der Waals surface area contributed by atoms with Crippen molar-refractivity contribution in [1.29, 1.82) is 0 Å². The molecule has 0 unspecified atom stereocenters. The highest BCUT2D eigenvalue weighted by Gasteiger charge is 2.14. The number of halogens is 4. The fourth-order valence-electron chi connectivity index (χ4n) is 1.54. The van der Waals surface area contributed by atoms with Gasteiger partial charge in [0.15, 0.2) is 5.82 Å². The number of hydrogen-bond acceptors (Lipinski definition) is 2. The molecule has 2 rings (SSSR count). The number of rotatable bonds is 2. The first-order chi connectivity index (χ1) is 9.38. The number of carbonyl (C=O) groups excluding carboxylic acids is 1. The molecule has 1 amide bonds. The highest BCUT2D eigenvalue weighted by Crippen LogP contribution is 2.27. The lowest BCUT2D eigenvalue weighted by Gasteiger charge is -2.08. The largest absolute Gasteiger partial charge is 0.399 e. The lowest BCUT2D eigenvalue weighted by molar-refractivity contribution is 0.102. The molecule has 0 spiro atoms. The molecule has 0 radical (unpaired) electrons. The van der Waals surface area contributed by atoms with Crippen molar-refractivity contribution in [2.24, 2.45) is 0 Å². The Bertz CT molecular complexity index is 669. The lowest BCUT2D eigenvalue weighted by Crippen LogP contribution is -2.14. The van der Waals surface area contributed by atoms with Gasteiger partial charge in [-0.1, -0.05) is 23.2 Å². The van der Waals surface area contributed by atoms with Crippen LogP contribution < -0.4 is 11.1 Å². The summed E-state index contributed by atoms with van der Waals surface area (Å²) in [6.07, 6.45) is 0. The summed E-state index contributed by atoms with van der Waals surface area (Å²) in [4.78, 5) is 11.9. The normalized spacial score (nSPS) is 10.4. The molecule has 0 atom stereocenters. The van der Waals surface area contributed by atoms with Gasteiger partial charge >= 0.3 is 0 Å². The Kier molecular flexibility index (Phi) is 4.11. The molecule has 2 aromatic carbocycles. The van der Waals surface area contributed by atoms with Gasteiger partial charge in [0.25, 0.3) is 5.91 Å². The van der Waals surface area contributed by atoms with Crippen molar-refractivity contribution in [2.45, 2.75) is 0 Å². The van der Waals surface area contributed by atoms with Crippen molar-refractivity contribution < 1.29 is 13.6 Å². The van der Waals surface area contributed by atoms with Gasteiger partial charge in [-0.15, -0.1) is 0 Å². The van der Waals surface area contributed by atoms with E-state index in [1.165, 1.54) is 24.3 Å². The summed E-state index contributed by atoms with van der Waals surface area (Å²) in [6.45, 7) is 0. The van der Waals surface area contributed by atoms with Gasteiger partial charge in [0, 0.05) is 11.4 Å². The average Bonchev–Trinajstić information content (AvgIpc) is 2.38. The highest BCUT2D eigenvalue weighted by molar-refractivity contribution is 6.35. The van der Waals surface area contributed by atoms with Crippen LogP contribution in [-0.4, -0.2) is 5.91 Å². The molecule has 7 heteroatoms. The first-order valence-corrected chi connectivity index (χ1v) is 6.15. The standard InChI is InChI=1S/C13H8Cl2F2N2O/c14-9-4-7(5-10(15)12(9)17)19-13(20)8-3-6(18)1-2-11(8)16/h1-5H,18H2,(H,19,20). The van der Waals surface area contributed by atoms with Gasteiger partial charge in [-0.25, -0.2) is 8.78 Å². The number of nitrogens with one attached hydrogen (secondary N) is 1. The van der Waals surface area contributed by atoms with Crippen LogP contribution in [0.4, 0.5) is 20.2 Å². The molecule has 0 heterocycles. The van der Waals surface area contributed by atoms with E-state index < -0.39 is 17.5 Å². The number of nitrogens with two attached hydrogens (primary N) is 1. The fraction of sp³-hybridized carbons (Fsp3) is 0. The molecule has 0 fully saturated rings. The average molecular weight is 317 g/mol. The topological polar surface area (TPSA) is 55.1 Å². The minimum absolute atomic E-state index is 0.147. The van der Waals surface area contributed by atoms with Crippen molar-refractivity contribution in [3.05, 3.63) is 57.6 Å². The molecule has 0 aliphatic carbocycles. The summed E-state index contributed by atoms with van der Waals surface area (Å²) in [6, 6.07) is 5.94. The Morgan fingerprint density at radius 2 is 1.70 bits per heavy atom. The van der Waals surface area contributed by atoms with Crippen LogP contribution in [0.2, 0.25) is 10.0 Å². The molecule has 104 valence electrons. The maximum absolute atomic E-state index is 13.5. The third kappa shape index (κ3) is 3.00. The monoisotopic (exact) mass is 316 g/mol. The highest BCUT2D eigenvalue weighted by atomic mass is 35.5. The van der Waals surface area contributed by atoms with Crippen LogP contribution in [0, 0.1) is 11.6 Å². The van der Waals surface area contributed by atoms with Gasteiger partial charge in [0.05, 0.1) is 15.6 Å². The summed E-state index contributed by atoms with van der Waals surface area (Å²) in [5.41, 5.74) is 5.64. The Hall–Kier alpha value is -1.85. The fourth-order valence-corrected chi connectivity index (χ4v) is 2.03. The molecule has 20 heavy (non-hydrogen) atoms.